The van der Waals surface area contributed by atoms with Gasteiger partial charge < -0.3 is 10.1 Å². The average molecular weight is 218 g/mol. The van der Waals surface area contributed by atoms with Crippen molar-refractivity contribution in [3.63, 3.8) is 0 Å². The zero-order chi connectivity index (χ0) is 11.8. The predicted molar refractivity (Wildman–Crippen MR) is 59.7 cm³/mol. The maximum absolute atomic E-state index is 11.4. The highest BCUT2D eigenvalue weighted by molar-refractivity contribution is 5.78. The van der Waals surface area contributed by atoms with Crippen molar-refractivity contribution in [3.05, 3.63) is 35.4 Å². The highest BCUT2D eigenvalue weighted by Gasteiger charge is 2.02. The number of nitrogens with zero attached hydrogens (tertiary/aromatic N) is 1. The Hall–Kier alpha value is -1.86. The number of carbonyl (C=O) groups excluding carboxylic acids is 1. The SMILES string of the molecule is COCCNC(=O)Cc1ccc(C#N)cc1. The fraction of sp³-hybridized carbons (Fsp3) is 0.333. The number of carbonyl (C=O) groups is 1. The van der Waals surface area contributed by atoms with Gasteiger partial charge in [-0.2, -0.15) is 5.26 Å². The van der Waals surface area contributed by atoms with E-state index in [1.54, 1.807) is 31.4 Å². The Balaban J connectivity index is 2.41. The standard InChI is InChI=1S/C12H14N2O2/c1-16-7-6-14-12(15)8-10-2-4-11(9-13)5-3-10/h2-5H,6-8H2,1H3,(H,14,15). The van der Waals surface area contributed by atoms with E-state index in [1.807, 2.05) is 6.07 Å². The summed E-state index contributed by atoms with van der Waals surface area (Å²) in [5.74, 6) is -0.0400. The van der Waals surface area contributed by atoms with Gasteiger partial charge in [0.05, 0.1) is 24.7 Å². The molecule has 84 valence electrons. The number of benzene rings is 1. The van der Waals surface area contributed by atoms with Gasteiger partial charge in [0.25, 0.3) is 0 Å². The molecular formula is C12H14N2O2. The summed E-state index contributed by atoms with van der Waals surface area (Å²) in [6.07, 6.45) is 0.329. The highest BCUT2D eigenvalue weighted by Crippen LogP contribution is 2.03. The van der Waals surface area contributed by atoms with E-state index in [-0.39, 0.29) is 5.91 Å². The molecule has 4 heteroatoms. The molecule has 1 rings (SSSR count). The highest BCUT2D eigenvalue weighted by atomic mass is 16.5. The van der Waals surface area contributed by atoms with Crippen molar-refractivity contribution in [2.24, 2.45) is 0 Å². The lowest BCUT2D eigenvalue weighted by molar-refractivity contribution is -0.120. The second-order valence-corrected chi connectivity index (χ2v) is 3.33. The van der Waals surface area contributed by atoms with E-state index >= 15 is 0 Å². The van der Waals surface area contributed by atoms with E-state index in [1.165, 1.54) is 0 Å². The summed E-state index contributed by atoms with van der Waals surface area (Å²) in [6, 6.07) is 9.02. The van der Waals surface area contributed by atoms with Crippen LogP contribution in [0.2, 0.25) is 0 Å². The van der Waals surface area contributed by atoms with Gasteiger partial charge in [-0.25, -0.2) is 0 Å². The number of nitrogens with one attached hydrogen (secondary N) is 1. The van der Waals surface area contributed by atoms with Crippen LogP contribution >= 0.6 is 0 Å². The molecule has 1 N–H and O–H groups in total. The molecule has 0 spiro atoms. The number of rotatable bonds is 5. The molecule has 0 atom stereocenters. The minimum atomic E-state index is -0.0400. The number of amides is 1. The van der Waals surface area contributed by atoms with Crippen molar-refractivity contribution >= 4 is 5.91 Å². The second-order valence-electron chi connectivity index (χ2n) is 3.33. The smallest absolute Gasteiger partial charge is 0.224 e. The lowest BCUT2D eigenvalue weighted by atomic mass is 10.1. The summed E-state index contributed by atoms with van der Waals surface area (Å²) in [6.45, 7) is 1.03. The Morgan fingerprint density at radius 1 is 1.44 bits per heavy atom. The summed E-state index contributed by atoms with van der Waals surface area (Å²) in [5, 5.41) is 11.3. The quantitative estimate of drug-likeness (QED) is 0.746. The predicted octanol–water partition coefficient (Wildman–Crippen LogP) is 0.863. The zero-order valence-electron chi connectivity index (χ0n) is 9.19. The van der Waals surface area contributed by atoms with Crippen molar-refractivity contribution < 1.29 is 9.53 Å². The van der Waals surface area contributed by atoms with Crippen LogP contribution in [0.3, 0.4) is 0 Å². The zero-order valence-corrected chi connectivity index (χ0v) is 9.19. The van der Waals surface area contributed by atoms with Crippen molar-refractivity contribution in [3.8, 4) is 6.07 Å². The van der Waals surface area contributed by atoms with Crippen molar-refractivity contribution in [2.75, 3.05) is 20.3 Å². The van der Waals surface area contributed by atoms with Gasteiger partial charge >= 0.3 is 0 Å². The minimum absolute atomic E-state index is 0.0400. The third-order valence-electron chi connectivity index (χ3n) is 2.08. The molecule has 0 saturated carbocycles. The number of methoxy groups -OCH3 is 1. The first-order valence-electron chi connectivity index (χ1n) is 5.01. The van der Waals surface area contributed by atoms with Crippen LogP contribution in [0, 0.1) is 11.3 Å². The van der Waals surface area contributed by atoms with E-state index in [4.69, 9.17) is 10.00 Å². The summed E-state index contributed by atoms with van der Waals surface area (Å²) in [7, 11) is 1.59. The molecule has 1 aromatic rings. The number of nitriles is 1. The summed E-state index contributed by atoms with van der Waals surface area (Å²) >= 11 is 0. The lowest BCUT2D eigenvalue weighted by Crippen LogP contribution is -2.28. The molecular weight excluding hydrogens is 204 g/mol. The average Bonchev–Trinajstić information content (AvgIpc) is 2.30. The van der Waals surface area contributed by atoms with Gasteiger partial charge in [0.15, 0.2) is 0 Å². The first kappa shape index (κ1) is 12.2. The van der Waals surface area contributed by atoms with Crippen LogP contribution in [-0.4, -0.2) is 26.2 Å². The molecule has 0 aromatic heterocycles. The molecule has 0 saturated heterocycles. The summed E-state index contributed by atoms with van der Waals surface area (Å²) < 4.78 is 4.82. The first-order chi connectivity index (χ1) is 7.76. The first-order valence-corrected chi connectivity index (χ1v) is 5.01. The Morgan fingerprint density at radius 3 is 2.69 bits per heavy atom. The van der Waals surface area contributed by atoms with Crippen molar-refractivity contribution in [1.29, 1.82) is 5.26 Å². The molecule has 0 aliphatic rings. The lowest BCUT2D eigenvalue weighted by Gasteiger charge is -2.04. The molecule has 0 fully saturated rings. The molecule has 0 unspecified atom stereocenters. The van der Waals surface area contributed by atoms with Gasteiger partial charge in [-0.1, -0.05) is 12.1 Å². The molecule has 0 bridgehead atoms. The van der Waals surface area contributed by atoms with Crippen LogP contribution in [0.4, 0.5) is 0 Å². The van der Waals surface area contributed by atoms with Crippen molar-refractivity contribution in [1.82, 2.24) is 5.32 Å². The maximum atomic E-state index is 11.4. The van der Waals surface area contributed by atoms with Crippen LogP contribution < -0.4 is 5.32 Å². The van der Waals surface area contributed by atoms with E-state index in [0.29, 0.717) is 25.1 Å². The normalized spacial score (nSPS) is 9.50. The molecule has 16 heavy (non-hydrogen) atoms. The van der Waals surface area contributed by atoms with Gasteiger partial charge in [0.1, 0.15) is 0 Å². The Labute approximate surface area is 94.8 Å². The second kappa shape index (κ2) is 6.59. The fourth-order valence-corrected chi connectivity index (χ4v) is 1.24. The number of hydrogen-bond donors (Lipinski definition) is 1. The van der Waals surface area contributed by atoms with Crippen molar-refractivity contribution in [2.45, 2.75) is 6.42 Å². The van der Waals surface area contributed by atoms with Gasteiger partial charge in [0.2, 0.25) is 5.91 Å². The summed E-state index contributed by atoms with van der Waals surface area (Å²) in [5.41, 5.74) is 1.50. The number of ether oxygens (including phenoxy) is 1. The molecule has 1 aromatic carbocycles. The molecule has 0 heterocycles. The van der Waals surface area contributed by atoms with Crippen LogP contribution in [0.25, 0.3) is 0 Å². The van der Waals surface area contributed by atoms with E-state index in [0.717, 1.165) is 5.56 Å². The third-order valence-corrected chi connectivity index (χ3v) is 2.08. The van der Waals surface area contributed by atoms with Gasteiger partial charge in [0, 0.05) is 13.7 Å². The van der Waals surface area contributed by atoms with E-state index in [9.17, 15) is 4.79 Å². The molecule has 1 amide bonds. The van der Waals surface area contributed by atoms with Crippen LogP contribution in [0.15, 0.2) is 24.3 Å². The summed E-state index contributed by atoms with van der Waals surface area (Å²) in [4.78, 5) is 11.4. The van der Waals surface area contributed by atoms with Gasteiger partial charge in [-0.05, 0) is 17.7 Å². The molecule has 0 aliphatic carbocycles. The van der Waals surface area contributed by atoms with Gasteiger partial charge in [-0.3, -0.25) is 4.79 Å². The van der Waals surface area contributed by atoms with Gasteiger partial charge in [-0.15, -0.1) is 0 Å². The third kappa shape index (κ3) is 4.11. The van der Waals surface area contributed by atoms with Crippen LogP contribution in [0.1, 0.15) is 11.1 Å². The Kier molecular flexibility index (Phi) is 5.03. The topological polar surface area (TPSA) is 62.1 Å². The largest absolute Gasteiger partial charge is 0.383 e. The van der Waals surface area contributed by atoms with Crippen LogP contribution in [0.5, 0.6) is 0 Å². The maximum Gasteiger partial charge on any atom is 0.224 e. The Bertz CT molecular complexity index is 379. The molecule has 0 radical (unpaired) electrons. The number of hydrogen-bond acceptors (Lipinski definition) is 3. The van der Waals surface area contributed by atoms with E-state index < -0.39 is 0 Å². The Morgan fingerprint density at radius 2 is 2.12 bits per heavy atom. The fourth-order valence-electron chi connectivity index (χ4n) is 1.24. The molecule has 0 aliphatic heterocycles. The van der Waals surface area contributed by atoms with Crippen LogP contribution in [-0.2, 0) is 16.0 Å². The molecule has 4 nitrogen and oxygen atoms in total. The van der Waals surface area contributed by atoms with E-state index in [2.05, 4.69) is 5.32 Å². The minimum Gasteiger partial charge on any atom is -0.383 e. The monoisotopic (exact) mass is 218 g/mol.